The quantitative estimate of drug-likeness (QED) is 0.673. The number of amides is 1. The molecular formula is C16H27N5O2. The smallest absolute Gasteiger partial charge is 0.254 e. The molecule has 0 spiro atoms. The minimum absolute atomic E-state index is 0.112. The Morgan fingerprint density at radius 1 is 1.48 bits per heavy atom. The van der Waals surface area contributed by atoms with Crippen LogP contribution in [0.15, 0.2) is 6.20 Å². The SMILES string of the molecule is CC1(O)CCC[C@@H](Nc2ncc(C(N)=O)c(NC(C)(C)C)n2)C1. The summed E-state index contributed by atoms with van der Waals surface area (Å²) in [5.41, 5.74) is 4.74. The normalized spacial score (nSPS) is 25.0. The number of hydrogen-bond donors (Lipinski definition) is 4. The van der Waals surface area contributed by atoms with Crippen LogP contribution in [0.4, 0.5) is 11.8 Å². The van der Waals surface area contributed by atoms with Gasteiger partial charge in [-0.1, -0.05) is 0 Å². The summed E-state index contributed by atoms with van der Waals surface area (Å²) in [5, 5.41) is 16.6. The fraction of sp³-hybridized carbons (Fsp3) is 0.688. The van der Waals surface area contributed by atoms with Crippen molar-refractivity contribution in [3.8, 4) is 0 Å². The number of nitrogens with one attached hydrogen (secondary N) is 2. The average Bonchev–Trinajstić information content (AvgIpc) is 2.35. The Hall–Kier alpha value is -1.89. The summed E-state index contributed by atoms with van der Waals surface area (Å²) in [6.45, 7) is 7.78. The number of aliphatic hydroxyl groups is 1. The van der Waals surface area contributed by atoms with Crippen LogP contribution in [0.5, 0.6) is 0 Å². The second-order valence-corrected chi connectivity index (χ2v) is 7.63. The predicted octanol–water partition coefficient (Wildman–Crippen LogP) is 1.89. The lowest BCUT2D eigenvalue weighted by atomic mass is 9.83. The van der Waals surface area contributed by atoms with E-state index in [1.165, 1.54) is 6.20 Å². The predicted molar refractivity (Wildman–Crippen MR) is 90.4 cm³/mol. The first-order valence-corrected chi connectivity index (χ1v) is 8.00. The Kier molecular flexibility index (Phi) is 4.79. The van der Waals surface area contributed by atoms with Crippen LogP contribution in [0, 0.1) is 0 Å². The zero-order valence-electron chi connectivity index (χ0n) is 14.3. The molecule has 1 unspecified atom stereocenters. The number of nitrogens with zero attached hydrogens (tertiary/aromatic N) is 2. The van der Waals surface area contributed by atoms with E-state index in [9.17, 15) is 9.90 Å². The van der Waals surface area contributed by atoms with E-state index in [0.29, 0.717) is 18.2 Å². The average molecular weight is 321 g/mol. The van der Waals surface area contributed by atoms with E-state index in [0.717, 1.165) is 19.3 Å². The molecule has 128 valence electrons. The van der Waals surface area contributed by atoms with Gasteiger partial charge in [-0.3, -0.25) is 4.79 Å². The van der Waals surface area contributed by atoms with Crippen LogP contribution in [-0.4, -0.2) is 38.2 Å². The largest absolute Gasteiger partial charge is 0.390 e. The second kappa shape index (κ2) is 6.31. The van der Waals surface area contributed by atoms with Crippen LogP contribution >= 0.6 is 0 Å². The highest BCUT2D eigenvalue weighted by Gasteiger charge is 2.30. The number of primary amides is 1. The van der Waals surface area contributed by atoms with E-state index >= 15 is 0 Å². The maximum absolute atomic E-state index is 11.5. The molecule has 1 saturated carbocycles. The lowest BCUT2D eigenvalue weighted by molar-refractivity contribution is 0.0182. The van der Waals surface area contributed by atoms with Gasteiger partial charge in [-0.2, -0.15) is 4.98 Å². The van der Waals surface area contributed by atoms with Crippen molar-refractivity contribution in [2.24, 2.45) is 5.73 Å². The molecule has 1 aliphatic carbocycles. The van der Waals surface area contributed by atoms with Crippen molar-refractivity contribution in [2.45, 2.75) is 70.6 Å². The molecule has 7 heteroatoms. The van der Waals surface area contributed by atoms with Crippen LogP contribution < -0.4 is 16.4 Å². The number of anilines is 2. The maximum atomic E-state index is 11.5. The highest BCUT2D eigenvalue weighted by molar-refractivity contribution is 5.97. The molecule has 0 bridgehead atoms. The number of hydrogen-bond acceptors (Lipinski definition) is 6. The molecule has 1 aromatic rings. The third-order valence-corrected chi connectivity index (χ3v) is 3.83. The van der Waals surface area contributed by atoms with E-state index in [1.807, 2.05) is 27.7 Å². The van der Waals surface area contributed by atoms with Crippen LogP contribution in [-0.2, 0) is 0 Å². The molecular weight excluding hydrogens is 294 g/mol. The van der Waals surface area contributed by atoms with Gasteiger partial charge in [-0.05, 0) is 53.4 Å². The van der Waals surface area contributed by atoms with E-state index in [4.69, 9.17) is 5.73 Å². The van der Waals surface area contributed by atoms with E-state index in [2.05, 4.69) is 20.6 Å². The lowest BCUT2D eigenvalue weighted by Gasteiger charge is -2.34. The van der Waals surface area contributed by atoms with Gasteiger partial charge in [-0.25, -0.2) is 4.98 Å². The topological polar surface area (TPSA) is 113 Å². The molecule has 1 heterocycles. The van der Waals surface area contributed by atoms with Gasteiger partial charge in [0.25, 0.3) is 5.91 Å². The highest BCUT2D eigenvalue weighted by atomic mass is 16.3. The van der Waals surface area contributed by atoms with Crippen LogP contribution in [0.3, 0.4) is 0 Å². The Bertz CT molecular complexity index is 580. The summed E-state index contributed by atoms with van der Waals surface area (Å²) in [6.07, 6.45) is 4.81. The summed E-state index contributed by atoms with van der Waals surface area (Å²) in [7, 11) is 0. The van der Waals surface area contributed by atoms with Crippen molar-refractivity contribution in [3.05, 3.63) is 11.8 Å². The van der Waals surface area contributed by atoms with Gasteiger partial charge in [0.1, 0.15) is 5.82 Å². The van der Waals surface area contributed by atoms with Gasteiger partial charge in [0, 0.05) is 17.8 Å². The second-order valence-electron chi connectivity index (χ2n) is 7.63. The molecule has 1 amide bonds. The number of rotatable bonds is 4. The maximum Gasteiger partial charge on any atom is 0.254 e. The molecule has 2 rings (SSSR count). The van der Waals surface area contributed by atoms with Crippen LogP contribution in [0.1, 0.15) is 63.7 Å². The van der Waals surface area contributed by atoms with E-state index in [1.54, 1.807) is 0 Å². The number of carbonyl (C=O) groups excluding carboxylic acids is 1. The minimum Gasteiger partial charge on any atom is -0.390 e. The van der Waals surface area contributed by atoms with Crippen molar-refractivity contribution in [3.63, 3.8) is 0 Å². The Morgan fingerprint density at radius 3 is 2.74 bits per heavy atom. The summed E-state index contributed by atoms with van der Waals surface area (Å²) >= 11 is 0. The first kappa shape index (κ1) is 17.5. The van der Waals surface area contributed by atoms with Gasteiger partial charge in [0.15, 0.2) is 0 Å². The standard InChI is InChI=1S/C16H27N5O2/c1-15(2,3)21-13-11(12(17)22)9-18-14(20-13)19-10-6-5-7-16(4,23)8-10/h9-10,23H,5-8H2,1-4H3,(H2,17,22)(H2,18,19,20,21)/t10-,16?/m1/s1. The summed E-state index contributed by atoms with van der Waals surface area (Å²) in [5.74, 6) is 0.290. The molecule has 0 saturated heterocycles. The van der Waals surface area contributed by atoms with Gasteiger partial charge < -0.3 is 21.5 Å². The van der Waals surface area contributed by atoms with Crippen molar-refractivity contribution < 1.29 is 9.90 Å². The van der Waals surface area contributed by atoms with E-state index in [-0.39, 0.29) is 17.1 Å². The number of carbonyl (C=O) groups is 1. The van der Waals surface area contributed by atoms with Gasteiger partial charge in [0.05, 0.1) is 11.2 Å². The van der Waals surface area contributed by atoms with Gasteiger partial charge >= 0.3 is 0 Å². The Morgan fingerprint density at radius 2 is 2.17 bits per heavy atom. The zero-order chi connectivity index (χ0) is 17.3. The number of aromatic nitrogens is 2. The zero-order valence-corrected chi connectivity index (χ0v) is 14.3. The fourth-order valence-electron chi connectivity index (χ4n) is 2.85. The molecule has 1 aliphatic rings. The summed E-state index contributed by atoms with van der Waals surface area (Å²) in [4.78, 5) is 20.1. The van der Waals surface area contributed by atoms with Crippen molar-refractivity contribution in [1.82, 2.24) is 9.97 Å². The van der Waals surface area contributed by atoms with Gasteiger partial charge in [-0.15, -0.1) is 0 Å². The summed E-state index contributed by atoms with van der Waals surface area (Å²) < 4.78 is 0. The fourth-order valence-corrected chi connectivity index (χ4v) is 2.85. The number of nitrogens with two attached hydrogens (primary N) is 1. The molecule has 1 fully saturated rings. The van der Waals surface area contributed by atoms with E-state index < -0.39 is 11.5 Å². The molecule has 2 atom stereocenters. The lowest BCUT2D eigenvalue weighted by Crippen LogP contribution is -2.38. The first-order valence-electron chi connectivity index (χ1n) is 8.00. The van der Waals surface area contributed by atoms with Gasteiger partial charge in [0.2, 0.25) is 5.95 Å². The first-order chi connectivity index (χ1) is 10.6. The van der Waals surface area contributed by atoms with Crippen molar-refractivity contribution in [1.29, 1.82) is 0 Å². The van der Waals surface area contributed by atoms with Crippen molar-refractivity contribution >= 4 is 17.7 Å². The molecule has 7 nitrogen and oxygen atoms in total. The highest BCUT2D eigenvalue weighted by Crippen LogP contribution is 2.29. The summed E-state index contributed by atoms with van der Waals surface area (Å²) in [6, 6.07) is 0.112. The Labute approximate surface area is 137 Å². The molecule has 1 aromatic heterocycles. The third-order valence-electron chi connectivity index (χ3n) is 3.83. The molecule has 23 heavy (non-hydrogen) atoms. The van der Waals surface area contributed by atoms with Crippen molar-refractivity contribution in [2.75, 3.05) is 10.6 Å². The van der Waals surface area contributed by atoms with Crippen LogP contribution in [0.2, 0.25) is 0 Å². The molecule has 0 aromatic carbocycles. The molecule has 5 N–H and O–H groups in total. The monoisotopic (exact) mass is 321 g/mol. The Balaban J connectivity index is 2.19. The molecule has 0 radical (unpaired) electrons. The van der Waals surface area contributed by atoms with Crippen LogP contribution in [0.25, 0.3) is 0 Å². The third kappa shape index (κ3) is 5.06. The molecule has 0 aliphatic heterocycles. The minimum atomic E-state index is -0.657.